The molecule has 0 radical (unpaired) electrons. The molecule has 0 aliphatic carbocycles. The van der Waals surface area contributed by atoms with Crippen molar-refractivity contribution in [2.24, 2.45) is 0 Å². The fourth-order valence-electron chi connectivity index (χ4n) is 4.37. The molecule has 0 atom stereocenters. The van der Waals surface area contributed by atoms with Crippen molar-refractivity contribution in [3.63, 3.8) is 0 Å². The number of urea groups is 1. The molecule has 6 rings (SSSR count). The first-order valence-corrected chi connectivity index (χ1v) is 13.5. The summed E-state index contributed by atoms with van der Waals surface area (Å²) in [6.45, 7) is 1.16. The lowest BCUT2D eigenvalue weighted by atomic mass is 10.2. The fourth-order valence-corrected chi connectivity index (χ4v) is 5.36. The van der Waals surface area contributed by atoms with Crippen LogP contribution >= 0.6 is 11.3 Å². The minimum atomic E-state index is -0.475. The van der Waals surface area contributed by atoms with Gasteiger partial charge in [-0.05, 0) is 66.2 Å². The normalized spacial score (nSPS) is 12.3. The summed E-state index contributed by atoms with van der Waals surface area (Å²) in [7, 11) is 0. The number of ether oxygens (including phenoxy) is 1. The quantitative estimate of drug-likeness (QED) is 0.169. The Morgan fingerprint density at radius 1 is 1.00 bits per heavy atom. The van der Waals surface area contributed by atoms with Gasteiger partial charge in [-0.3, -0.25) is 4.79 Å². The first-order valence-electron chi connectivity index (χ1n) is 12.6. The number of thiophene rings is 1. The standard InChI is InChI=1S/C29H23FN6O4S/c30-18-3-9-21(10-4-18)40-22-11-7-20(8-12-22)36-26-23-24(35-29(36)39)25(41-28(23)33-16-32-26)27(38)34-19-5-1-17(2-6-19)15-31-13-14-37/h1-12,16,31,37H,13-15H2,(H,34,38)(H,35,39). The first-order chi connectivity index (χ1) is 20.0. The second-order valence-corrected chi connectivity index (χ2v) is 10.0. The summed E-state index contributed by atoms with van der Waals surface area (Å²) < 4.78 is 18.9. The van der Waals surface area contributed by atoms with Crippen molar-refractivity contribution < 1.29 is 23.8 Å². The molecule has 41 heavy (non-hydrogen) atoms. The SMILES string of the molecule is O=C(Nc1ccc(CNCCO)cc1)c1sc2ncnc3c2c1NC(=O)N3c1ccc(Oc2ccc(F)cc2)cc1. The molecule has 0 bridgehead atoms. The number of anilines is 4. The molecule has 0 fully saturated rings. The molecule has 3 aromatic carbocycles. The van der Waals surface area contributed by atoms with Gasteiger partial charge >= 0.3 is 6.03 Å². The fraction of sp³-hybridized carbons (Fsp3) is 0.103. The van der Waals surface area contributed by atoms with Crippen LogP contribution < -0.4 is 25.6 Å². The zero-order chi connectivity index (χ0) is 28.3. The Hall–Kier alpha value is -4.91. The van der Waals surface area contributed by atoms with Crippen LogP contribution in [0.15, 0.2) is 79.1 Å². The molecule has 0 saturated carbocycles. The molecule has 5 aromatic rings. The van der Waals surface area contributed by atoms with Crippen LogP contribution in [0.2, 0.25) is 0 Å². The van der Waals surface area contributed by atoms with Gasteiger partial charge in [-0.25, -0.2) is 24.1 Å². The highest BCUT2D eigenvalue weighted by Gasteiger charge is 2.33. The van der Waals surface area contributed by atoms with E-state index in [2.05, 4.69) is 25.9 Å². The molecule has 1 aliphatic rings. The zero-order valence-electron chi connectivity index (χ0n) is 21.4. The molecule has 206 valence electrons. The number of aliphatic hydroxyl groups excluding tert-OH is 1. The second kappa shape index (κ2) is 11.3. The molecule has 3 amide bonds. The third-order valence-electron chi connectivity index (χ3n) is 6.30. The predicted octanol–water partition coefficient (Wildman–Crippen LogP) is 5.64. The monoisotopic (exact) mass is 570 g/mol. The lowest BCUT2D eigenvalue weighted by Gasteiger charge is -2.27. The number of aliphatic hydroxyl groups is 1. The lowest BCUT2D eigenvalue weighted by Crippen LogP contribution is -2.35. The van der Waals surface area contributed by atoms with Crippen molar-refractivity contribution in [2.75, 3.05) is 28.7 Å². The Morgan fingerprint density at radius 3 is 2.41 bits per heavy atom. The molecule has 10 nitrogen and oxygen atoms in total. The molecule has 0 saturated heterocycles. The van der Waals surface area contributed by atoms with Crippen molar-refractivity contribution in [1.82, 2.24) is 15.3 Å². The van der Waals surface area contributed by atoms with Crippen LogP contribution in [0.3, 0.4) is 0 Å². The number of rotatable bonds is 9. The molecule has 0 spiro atoms. The molecular formula is C29H23FN6O4S. The van der Waals surface area contributed by atoms with Gasteiger partial charge in [-0.15, -0.1) is 11.3 Å². The van der Waals surface area contributed by atoms with E-state index in [1.807, 2.05) is 12.1 Å². The van der Waals surface area contributed by atoms with Gasteiger partial charge in [0.25, 0.3) is 5.91 Å². The summed E-state index contributed by atoms with van der Waals surface area (Å²) >= 11 is 1.17. The van der Waals surface area contributed by atoms with Gasteiger partial charge < -0.3 is 25.8 Å². The van der Waals surface area contributed by atoms with Crippen LogP contribution in [-0.2, 0) is 6.54 Å². The van der Waals surface area contributed by atoms with Crippen molar-refractivity contribution >= 4 is 56.4 Å². The largest absolute Gasteiger partial charge is 0.457 e. The van der Waals surface area contributed by atoms with Gasteiger partial charge in [0.05, 0.1) is 23.4 Å². The molecule has 1 aliphatic heterocycles. The molecular weight excluding hydrogens is 547 g/mol. The van der Waals surface area contributed by atoms with Crippen molar-refractivity contribution in [1.29, 1.82) is 0 Å². The minimum absolute atomic E-state index is 0.0616. The van der Waals surface area contributed by atoms with Crippen LogP contribution in [0.25, 0.3) is 10.2 Å². The van der Waals surface area contributed by atoms with Gasteiger partial charge in [0.1, 0.15) is 33.4 Å². The van der Waals surface area contributed by atoms with Gasteiger partial charge in [0.2, 0.25) is 0 Å². The van der Waals surface area contributed by atoms with E-state index in [0.29, 0.717) is 62.6 Å². The van der Waals surface area contributed by atoms with Crippen LogP contribution in [-0.4, -0.2) is 40.2 Å². The zero-order valence-corrected chi connectivity index (χ0v) is 22.2. The number of benzene rings is 3. The van der Waals surface area contributed by atoms with E-state index < -0.39 is 6.03 Å². The van der Waals surface area contributed by atoms with E-state index in [1.165, 1.54) is 46.8 Å². The topological polar surface area (TPSA) is 129 Å². The number of carbonyl (C=O) groups is 2. The van der Waals surface area contributed by atoms with Crippen molar-refractivity contribution in [2.45, 2.75) is 6.54 Å². The molecule has 0 unspecified atom stereocenters. The summed E-state index contributed by atoms with van der Waals surface area (Å²) in [6.07, 6.45) is 1.36. The highest BCUT2D eigenvalue weighted by Crippen LogP contribution is 2.45. The highest BCUT2D eigenvalue weighted by molar-refractivity contribution is 7.21. The molecule has 12 heteroatoms. The van der Waals surface area contributed by atoms with E-state index in [0.717, 1.165) is 5.56 Å². The third-order valence-corrected chi connectivity index (χ3v) is 7.39. The Bertz CT molecular complexity index is 1730. The maximum absolute atomic E-state index is 13.3. The third kappa shape index (κ3) is 5.43. The number of aromatic nitrogens is 2. The summed E-state index contributed by atoms with van der Waals surface area (Å²) in [5, 5.41) is 18.3. The summed E-state index contributed by atoms with van der Waals surface area (Å²) in [5.41, 5.74) is 2.50. The number of nitrogens with one attached hydrogen (secondary N) is 3. The minimum Gasteiger partial charge on any atom is -0.457 e. The van der Waals surface area contributed by atoms with Crippen molar-refractivity contribution in [3.8, 4) is 11.5 Å². The maximum Gasteiger partial charge on any atom is 0.332 e. The second-order valence-electron chi connectivity index (χ2n) is 9.05. The van der Waals surface area contributed by atoms with E-state index in [-0.39, 0.29) is 18.3 Å². The summed E-state index contributed by atoms with van der Waals surface area (Å²) in [4.78, 5) is 37.6. The van der Waals surface area contributed by atoms with Gasteiger partial charge in [0.15, 0.2) is 5.82 Å². The van der Waals surface area contributed by atoms with Crippen LogP contribution in [0.5, 0.6) is 11.5 Å². The van der Waals surface area contributed by atoms with E-state index in [9.17, 15) is 14.0 Å². The smallest absolute Gasteiger partial charge is 0.332 e. The van der Waals surface area contributed by atoms with Crippen LogP contribution in [0.1, 0.15) is 15.2 Å². The maximum atomic E-state index is 13.3. The number of halogens is 1. The van der Waals surface area contributed by atoms with Gasteiger partial charge in [-0.1, -0.05) is 12.1 Å². The molecule has 4 N–H and O–H groups in total. The average Bonchev–Trinajstić information content (AvgIpc) is 3.35. The van der Waals surface area contributed by atoms with Gasteiger partial charge in [0, 0.05) is 18.8 Å². The van der Waals surface area contributed by atoms with Crippen LogP contribution in [0.4, 0.5) is 32.1 Å². The molecule has 2 aromatic heterocycles. The van der Waals surface area contributed by atoms with Crippen molar-refractivity contribution in [3.05, 3.63) is 95.4 Å². The average molecular weight is 571 g/mol. The Morgan fingerprint density at radius 2 is 1.71 bits per heavy atom. The Labute approximate surface area is 237 Å². The summed E-state index contributed by atoms with van der Waals surface area (Å²) in [6, 6.07) is 19.4. The Balaban J connectivity index is 1.24. The number of amides is 3. The van der Waals surface area contributed by atoms with E-state index >= 15 is 0 Å². The van der Waals surface area contributed by atoms with Crippen LogP contribution in [0, 0.1) is 5.82 Å². The number of carbonyl (C=O) groups excluding carboxylic acids is 2. The number of hydrogen-bond donors (Lipinski definition) is 4. The number of hydrogen-bond acceptors (Lipinski definition) is 8. The van der Waals surface area contributed by atoms with E-state index in [4.69, 9.17) is 9.84 Å². The first kappa shape index (κ1) is 26.3. The lowest BCUT2D eigenvalue weighted by molar-refractivity contribution is 0.103. The van der Waals surface area contributed by atoms with Gasteiger partial charge in [-0.2, -0.15) is 0 Å². The number of nitrogens with zero attached hydrogens (tertiary/aromatic N) is 3. The van der Waals surface area contributed by atoms with E-state index in [1.54, 1.807) is 36.4 Å². The molecule has 3 heterocycles. The Kier molecular flexibility index (Phi) is 7.25. The highest BCUT2D eigenvalue weighted by atomic mass is 32.1. The predicted molar refractivity (Wildman–Crippen MR) is 155 cm³/mol. The summed E-state index contributed by atoms with van der Waals surface area (Å²) in [5.74, 6) is 0.612.